The Morgan fingerprint density at radius 2 is 1.67 bits per heavy atom. The molecule has 4 heteroatoms. The third-order valence-corrected chi connectivity index (χ3v) is 3.31. The molecule has 0 spiro atoms. The van der Waals surface area contributed by atoms with E-state index in [-0.39, 0.29) is 5.56 Å². The molecule has 3 rings (SSSR count). The third-order valence-electron chi connectivity index (χ3n) is 3.31. The molecule has 0 saturated carbocycles. The lowest BCUT2D eigenvalue weighted by Gasteiger charge is -2.09. The van der Waals surface area contributed by atoms with E-state index in [0.29, 0.717) is 5.69 Å². The van der Waals surface area contributed by atoms with Crippen LogP contribution in [0.25, 0.3) is 22.4 Å². The smallest absolute Gasteiger partial charge is 0.132 e. The number of hydrogen-bond acceptors (Lipinski definition) is 2. The molecular formula is C17H12F2N2. The largest absolute Gasteiger partial charge is 0.265 e. The summed E-state index contributed by atoms with van der Waals surface area (Å²) in [6.45, 7) is 1.91. The number of rotatable bonds is 2. The highest BCUT2D eigenvalue weighted by Crippen LogP contribution is 2.27. The molecular weight excluding hydrogens is 270 g/mol. The highest BCUT2D eigenvalue weighted by Gasteiger charge is 2.10. The maximum Gasteiger partial charge on any atom is 0.132 e. The number of benzene rings is 1. The van der Waals surface area contributed by atoms with E-state index in [0.717, 1.165) is 34.9 Å². The normalized spacial score (nSPS) is 10.6. The van der Waals surface area contributed by atoms with Gasteiger partial charge in [-0.05, 0) is 54.4 Å². The molecule has 0 amide bonds. The number of nitrogens with zero attached hydrogens (tertiary/aromatic N) is 2. The van der Waals surface area contributed by atoms with E-state index in [4.69, 9.17) is 0 Å². The van der Waals surface area contributed by atoms with Crippen molar-refractivity contribution >= 4 is 0 Å². The summed E-state index contributed by atoms with van der Waals surface area (Å²) in [5, 5.41) is 0. The van der Waals surface area contributed by atoms with Crippen LogP contribution in [0.5, 0.6) is 0 Å². The SMILES string of the molecule is Cc1cc(-c2cc(F)ccc2F)ncc1-c1ccncc1. The van der Waals surface area contributed by atoms with Gasteiger partial charge in [-0.15, -0.1) is 0 Å². The van der Waals surface area contributed by atoms with Crippen molar-refractivity contribution in [2.75, 3.05) is 0 Å². The summed E-state index contributed by atoms with van der Waals surface area (Å²) in [5.74, 6) is -0.968. The summed E-state index contributed by atoms with van der Waals surface area (Å²) >= 11 is 0. The van der Waals surface area contributed by atoms with Crippen molar-refractivity contribution in [3.8, 4) is 22.4 Å². The van der Waals surface area contributed by atoms with Crippen LogP contribution in [0.2, 0.25) is 0 Å². The Morgan fingerprint density at radius 3 is 2.38 bits per heavy atom. The van der Waals surface area contributed by atoms with Gasteiger partial charge in [0.1, 0.15) is 11.6 Å². The van der Waals surface area contributed by atoms with Crippen LogP contribution >= 0.6 is 0 Å². The standard InChI is InChI=1S/C17H12F2N2/c1-11-8-17(14-9-13(18)2-3-16(14)19)21-10-15(11)12-4-6-20-7-5-12/h2-10H,1H3. The van der Waals surface area contributed by atoms with Gasteiger partial charge in [0.15, 0.2) is 0 Å². The van der Waals surface area contributed by atoms with E-state index in [9.17, 15) is 8.78 Å². The van der Waals surface area contributed by atoms with Crippen molar-refractivity contribution in [1.82, 2.24) is 9.97 Å². The molecule has 0 aliphatic heterocycles. The monoisotopic (exact) mass is 282 g/mol. The summed E-state index contributed by atoms with van der Waals surface area (Å²) in [7, 11) is 0. The highest BCUT2D eigenvalue weighted by molar-refractivity contribution is 5.70. The van der Waals surface area contributed by atoms with Crippen molar-refractivity contribution in [2.24, 2.45) is 0 Å². The summed E-state index contributed by atoms with van der Waals surface area (Å²) < 4.78 is 27.1. The third kappa shape index (κ3) is 2.65. The predicted molar refractivity (Wildman–Crippen MR) is 77.6 cm³/mol. The van der Waals surface area contributed by atoms with Crippen LogP contribution in [0.4, 0.5) is 8.78 Å². The molecule has 0 bridgehead atoms. The summed E-state index contributed by atoms with van der Waals surface area (Å²) in [6, 6.07) is 8.88. The molecule has 2 aromatic heterocycles. The highest BCUT2D eigenvalue weighted by atomic mass is 19.1. The lowest BCUT2D eigenvalue weighted by Crippen LogP contribution is -1.93. The van der Waals surface area contributed by atoms with Crippen LogP contribution in [-0.2, 0) is 0 Å². The zero-order valence-corrected chi connectivity index (χ0v) is 11.3. The van der Waals surface area contributed by atoms with Gasteiger partial charge in [0.2, 0.25) is 0 Å². The Labute approximate surface area is 121 Å². The Morgan fingerprint density at radius 1 is 0.905 bits per heavy atom. The Kier molecular flexibility index (Phi) is 3.44. The first kappa shape index (κ1) is 13.4. The molecule has 0 fully saturated rings. The molecule has 104 valence electrons. The number of hydrogen-bond donors (Lipinski definition) is 0. The minimum absolute atomic E-state index is 0.166. The number of aryl methyl sites for hydroxylation is 1. The van der Waals surface area contributed by atoms with Gasteiger partial charge in [-0.2, -0.15) is 0 Å². The van der Waals surface area contributed by atoms with Crippen molar-refractivity contribution in [2.45, 2.75) is 6.92 Å². The molecule has 3 aromatic rings. The Balaban J connectivity index is 2.08. The van der Waals surface area contributed by atoms with Gasteiger partial charge in [0.05, 0.1) is 5.69 Å². The average Bonchev–Trinajstić information content (AvgIpc) is 2.50. The van der Waals surface area contributed by atoms with Gasteiger partial charge in [-0.25, -0.2) is 8.78 Å². The van der Waals surface area contributed by atoms with E-state index >= 15 is 0 Å². The van der Waals surface area contributed by atoms with Crippen molar-refractivity contribution < 1.29 is 8.78 Å². The second kappa shape index (κ2) is 5.40. The molecule has 0 atom stereocenters. The summed E-state index contributed by atoms with van der Waals surface area (Å²) in [4.78, 5) is 8.24. The number of pyridine rings is 2. The lowest BCUT2D eigenvalue weighted by molar-refractivity contribution is 0.602. The first-order chi connectivity index (χ1) is 10.1. The minimum Gasteiger partial charge on any atom is -0.265 e. The zero-order chi connectivity index (χ0) is 14.8. The second-order valence-corrected chi connectivity index (χ2v) is 4.74. The topological polar surface area (TPSA) is 25.8 Å². The maximum atomic E-state index is 13.8. The van der Waals surface area contributed by atoms with Gasteiger partial charge in [0, 0.05) is 29.7 Å². The molecule has 2 heterocycles. The van der Waals surface area contributed by atoms with E-state index in [1.807, 2.05) is 19.1 Å². The van der Waals surface area contributed by atoms with Crippen LogP contribution in [0.15, 0.2) is 55.0 Å². The van der Waals surface area contributed by atoms with Crippen LogP contribution in [0, 0.1) is 18.6 Å². The molecule has 0 aliphatic carbocycles. The van der Waals surface area contributed by atoms with Crippen molar-refractivity contribution in [1.29, 1.82) is 0 Å². The predicted octanol–water partition coefficient (Wildman–Crippen LogP) is 4.40. The first-order valence-corrected chi connectivity index (χ1v) is 6.47. The molecule has 0 aliphatic rings. The van der Waals surface area contributed by atoms with Gasteiger partial charge in [-0.3, -0.25) is 9.97 Å². The van der Waals surface area contributed by atoms with Gasteiger partial charge in [-0.1, -0.05) is 0 Å². The van der Waals surface area contributed by atoms with Crippen LogP contribution in [0.1, 0.15) is 5.56 Å². The quantitative estimate of drug-likeness (QED) is 0.696. The lowest BCUT2D eigenvalue weighted by atomic mass is 10.0. The van der Waals surface area contributed by atoms with Crippen molar-refractivity contribution in [3.05, 3.63) is 72.2 Å². The molecule has 0 saturated heterocycles. The first-order valence-electron chi connectivity index (χ1n) is 6.47. The summed E-state index contributed by atoms with van der Waals surface area (Å²) in [5.41, 5.74) is 3.45. The van der Waals surface area contributed by atoms with E-state index in [1.165, 1.54) is 0 Å². The fourth-order valence-electron chi connectivity index (χ4n) is 2.23. The second-order valence-electron chi connectivity index (χ2n) is 4.74. The molecule has 1 aromatic carbocycles. The van der Waals surface area contributed by atoms with Crippen LogP contribution in [0.3, 0.4) is 0 Å². The number of halogens is 2. The van der Waals surface area contributed by atoms with Gasteiger partial charge in [0.25, 0.3) is 0 Å². The molecule has 0 radical (unpaired) electrons. The fraction of sp³-hybridized carbons (Fsp3) is 0.0588. The van der Waals surface area contributed by atoms with Crippen LogP contribution in [-0.4, -0.2) is 9.97 Å². The molecule has 0 unspecified atom stereocenters. The van der Waals surface area contributed by atoms with Gasteiger partial charge >= 0.3 is 0 Å². The average molecular weight is 282 g/mol. The molecule has 0 N–H and O–H groups in total. The minimum atomic E-state index is -0.486. The van der Waals surface area contributed by atoms with Crippen molar-refractivity contribution in [3.63, 3.8) is 0 Å². The van der Waals surface area contributed by atoms with Crippen LogP contribution < -0.4 is 0 Å². The van der Waals surface area contributed by atoms with E-state index in [2.05, 4.69) is 9.97 Å². The maximum absolute atomic E-state index is 13.8. The fourth-order valence-corrected chi connectivity index (χ4v) is 2.23. The van der Waals surface area contributed by atoms with E-state index in [1.54, 1.807) is 24.7 Å². The van der Waals surface area contributed by atoms with Gasteiger partial charge < -0.3 is 0 Å². The number of aromatic nitrogens is 2. The zero-order valence-electron chi connectivity index (χ0n) is 11.3. The summed E-state index contributed by atoms with van der Waals surface area (Å²) in [6.07, 6.45) is 5.08. The molecule has 21 heavy (non-hydrogen) atoms. The Bertz CT molecular complexity index is 786. The molecule has 2 nitrogen and oxygen atoms in total. The Hall–Kier alpha value is -2.62. The van der Waals surface area contributed by atoms with E-state index < -0.39 is 11.6 Å².